The molecule has 1 aromatic heterocycles. The summed E-state index contributed by atoms with van der Waals surface area (Å²) in [6.07, 6.45) is 1.04. The van der Waals surface area contributed by atoms with Crippen molar-refractivity contribution < 1.29 is 0 Å². The number of hydrogen-bond donors (Lipinski definition) is 1. The third-order valence-corrected chi connectivity index (χ3v) is 3.10. The molecule has 3 nitrogen and oxygen atoms in total. The van der Waals surface area contributed by atoms with Gasteiger partial charge < -0.3 is 9.88 Å². The van der Waals surface area contributed by atoms with Gasteiger partial charge in [0.25, 0.3) is 5.56 Å². The van der Waals surface area contributed by atoms with Crippen LogP contribution < -0.4 is 10.9 Å². The molecule has 0 bridgehead atoms. The highest BCUT2D eigenvalue weighted by molar-refractivity contribution is 5.15. The monoisotopic (exact) mass is 250 g/mol. The topological polar surface area (TPSA) is 34.0 Å². The van der Waals surface area contributed by atoms with E-state index >= 15 is 0 Å². The normalized spacial score (nSPS) is 11.5. The van der Waals surface area contributed by atoms with E-state index in [-0.39, 0.29) is 5.56 Å². The average Bonchev–Trinajstić information content (AvgIpc) is 2.27. The van der Waals surface area contributed by atoms with E-state index in [2.05, 4.69) is 33.0 Å². The molecule has 0 atom stereocenters. The van der Waals surface area contributed by atoms with Gasteiger partial charge in [-0.05, 0) is 25.3 Å². The number of rotatable bonds is 6. The quantitative estimate of drug-likeness (QED) is 0.842. The van der Waals surface area contributed by atoms with Crippen LogP contribution in [0.3, 0.4) is 0 Å². The van der Waals surface area contributed by atoms with E-state index in [1.807, 2.05) is 23.6 Å². The summed E-state index contributed by atoms with van der Waals surface area (Å²) < 4.78 is 1.90. The Labute approximate surface area is 110 Å². The number of aromatic nitrogens is 1. The second kappa shape index (κ2) is 6.74. The van der Waals surface area contributed by atoms with E-state index in [0.717, 1.165) is 24.2 Å². The third-order valence-electron chi connectivity index (χ3n) is 3.10. The van der Waals surface area contributed by atoms with Crippen molar-refractivity contribution in [3.8, 4) is 0 Å². The predicted molar refractivity (Wildman–Crippen MR) is 76.9 cm³/mol. The molecule has 1 heterocycles. The summed E-state index contributed by atoms with van der Waals surface area (Å²) in [6, 6.07) is 4.38. The first-order valence-electron chi connectivity index (χ1n) is 6.84. The molecule has 3 heteroatoms. The van der Waals surface area contributed by atoms with Crippen molar-refractivity contribution in [2.75, 3.05) is 0 Å². The van der Waals surface area contributed by atoms with E-state index < -0.39 is 0 Å². The Morgan fingerprint density at radius 3 is 2.44 bits per heavy atom. The summed E-state index contributed by atoms with van der Waals surface area (Å²) in [5, 5.41) is 3.30. The lowest BCUT2D eigenvalue weighted by Gasteiger charge is -2.14. The zero-order chi connectivity index (χ0) is 13.7. The lowest BCUT2D eigenvalue weighted by Crippen LogP contribution is -2.31. The SMILES string of the molecule is Cc1ccc(CNC(C)C)c(=O)n1CCC(C)C. The smallest absolute Gasteiger partial charge is 0.255 e. The van der Waals surface area contributed by atoms with E-state index in [9.17, 15) is 4.79 Å². The van der Waals surface area contributed by atoms with Gasteiger partial charge in [0.1, 0.15) is 0 Å². The van der Waals surface area contributed by atoms with Gasteiger partial charge in [-0.2, -0.15) is 0 Å². The van der Waals surface area contributed by atoms with Crippen molar-refractivity contribution in [3.63, 3.8) is 0 Å². The fourth-order valence-corrected chi connectivity index (χ4v) is 1.83. The summed E-state index contributed by atoms with van der Waals surface area (Å²) in [5.74, 6) is 0.619. The van der Waals surface area contributed by atoms with Crippen molar-refractivity contribution in [1.29, 1.82) is 0 Å². The second-order valence-corrected chi connectivity index (χ2v) is 5.67. The second-order valence-electron chi connectivity index (χ2n) is 5.67. The van der Waals surface area contributed by atoms with E-state index in [1.165, 1.54) is 0 Å². The van der Waals surface area contributed by atoms with Crippen LogP contribution in [0, 0.1) is 12.8 Å². The standard InChI is InChI=1S/C15H26N2O/c1-11(2)8-9-17-13(5)6-7-14(15(17)18)10-16-12(3)4/h6-7,11-12,16H,8-10H2,1-5H3. The molecule has 1 aromatic rings. The molecule has 0 unspecified atom stereocenters. The molecular weight excluding hydrogens is 224 g/mol. The highest BCUT2D eigenvalue weighted by atomic mass is 16.1. The van der Waals surface area contributed by atoms with Crippen LogP contribution in [0.5, 0.6) is 0 Å². The van der Waals surface area contributed by atoms with Crippen LogP contribution in [-0.4, -0.2) is 10.6 Å². The van der Waals surface area contributed by atoms with Crippen LogP contribution in [0.2, 0.25) is 0 Å². The van der Waals surface area contributed by atoms with Gasteiger partial charge in [-0.15, -0.1) is 0 Å². The summed E-state index contributed by atoms with van der Waals surface area (Å²) in [5.41, 5.74) is 2.07. The summed E-state index contributed by atoms with van der Waals surface area (Å²) in [4.78, 5) is 12.3. The molecule has 18 heavy (non-hydrogen) atoms. The molecule has 0 radical (unpaired) electrons. The molecular formula is C15H26N2O. The summed E-state index contributed by atoms with van der Waals surface area (Å²) in [7, 11) is 0. The van der Waals surface area contributed by atoms with Crippen LogP contribution in [0.25, 0.3) is 0 Å². The zero-order valence-electron chi connectivity index (χ0n) is 12.3. The fourth-order valence-electron chi connectivity index (χ4n) is 1.83. The van der Waals surface area contributed by atoms with E-state index in [4.69, 9.17) is 0 Å². The average molecular weight is 250 g/mol. The minimum absolute atomic E-state index is 0.156. The molecule has 0 aromatic carbocycles. The third kappa shape index (κ3) is 4.30. The van der Waals surface area contributed by atoms with Gasteiger partial charge in [0.15, 0.2) is 0 Å². The van der Waals surface area contributed by atoms with E-state index in [1.54, 1.807) is 0 Å². The molecule has 0 aliphatic carbocycles. The van der Waals surface area contributed by atoms with Gasteiger partial charge in [-0.1, -0.05) is 33.8 Å². The van der Waals surface area contributed by atoms with Crippen molar-refractivity contribution in [2.24, 2.45) is 5.92 Å². The van der Waals surface area contributed by atoms with Gasteiger partial charge >= 0.3 is 0 Å². The Hall–Kier alpha value is -1.09. The number of hydrogen-bond acceptors (Lipinski definition) is 2. The van der Waals surface area contributed by atoms with Crippen molar-refractivity contribution >= 4 is 0 Å². The van der Waals surface area contributed by atoms with Crippen molar-refractivity contribution in [2.45, 2.75) is 60.2 Å². The van der Waals surface area contributed by atoms with Gasteiger partial charge in [-0.25, -0.2) is 0 Å². The summed E-state index contributed by atoms with van der Waals surface area (Å²) in [6.45, 7) is 12.0. The highest BCUT2D eigenvalue weighted by Crippen LogP contribution is 2.05. The molecule has 0 spiro atoms. The molecule has 0 saturated carbocycles. The number of nitrogens with zero attached hydrogens (tertiary/aromatic N) is 1. The molecule has 0 aliphatic heterocycles. The maximum atomic E-state index is 12.3. The number of pyridine rings is 1. The van der Waals surface area contributed by atoms with E-state index in [0.29, 0.717) is 18.5 Å². The first-order valence-corrected chi connectivity index (χ1v) is 6.84. The molecule has 102 valence electrons. The Morgan fingerprint density at radius 2 is 1.89 bits per heavy atom. The Kier molecular flexibility index (Phi) is 5.60. The predicted octanol–water partition coefficient (Wildman–Crippen LogP) is 2.70. The first kappa shape index (κ1) is 15.0. The molecule has 0 amide bonds. The molecule has 1 N–H and O–H groups in total. The maximum Gasteiger partial charge on any atom is 0.255 e. The van der Waals surface area contributed by atoms with Crippen molar-refractivity contribution in [1.82, 2.24) is 9.88 Å². The van der Waals surface area contributed by atoms with Crippen LogP contribution >= 0.6 is 0 Å². The largest absolute Gasteiger partial charge is 0.313 e. The van der Waals surface area contributed by atoms with Crippen LogP contribution in [0.4, 0.5) is 0 Å². The Bertz CT molecular complexity index is 433. The fraction of sp³-hybridized carbons (Fsp3) is 0.667. The van der Waals surface area contributed by atoms with Gasteiger partial charge in [0.05, 0.1) is 0 Å². The minimum atomic E-state index is 0.156. The molecule has 0 fully saturated rings. The molecule has 0 saturated heterocycles. The number of aryl methyl sites for hydroxylation is 1. The van der Waals surface area contributed by atoms with Gasteiger partial charge in [0.2, 0.25) is 0 Å². The van der Waals surface area contributed by atoms with Crippen LogP contribution in [-0.2, 0) is 13.1 Å². The summed E-state index contributed by atoms with van der Waals surface area (Å²) >= 11 is 0. The zero-order valence-corrected chi connectivity index (χ0v) is 12.3. The van der Waals surface area contributed by atoms with Crippen LogP contribution in [0.1, 0.15) is 45.4 Å². The minimum Gasteiger partial charge on any atom is -0.313 e. The van der Waals surface area contributed by atoms with Gasteiger partial charge in [0, 0.05) is 30.4 Å². The van der Waals surface area contributed by atoms with Gasteiger partial charge in [-0.3, -0.25) is 4.79 Å². The van der Waals surface area contributed by atoms with Crippen LogP contribution in [0.15, 0.2) is 16.9 Å². The lowest BCUT2D eigenvalue weighted by atomic mass is 10.1. The van der Waals surface area contributed by atoms with Crippen molar-refractivity contribution in [3.05, 3.63) is 33.7 Å². The number of nitrogens with one attached hydrogen (secondary N) is 1. The Morgan fingerprint density at radius 1 is 1.22 bits per heavy atom. The first-order chi connectivity index (χ1) is 8.41. The lowest BCUT2D eigenvalue weighted by molar-refractivity contribution is 0.497. The Balaban J connectivity index is 2.89. The highest BCUT2D eigenvalue weighted by Gasteiger charge is 2.07. The maximum absolute atomic E-state index is 12.3. The molecule has 0 aliphatic rings. The molecule has 1 rings (SSSR count).